The van der Waals surface area contributed by atoms with Gasteiger partial charge in [0.05, 0.1) is 0 Å². The van der Waals surface area contributed by atoms with Crippen molar-refractivity contribution in [2.75, 3.05) is 0 Å². The third-order valence-electron chi connectivity index (χ3n) is 4.88. The second-order valence-corrected chi connectivity index (χ2v) is 9.86. The van der Waals surface area contributed by atoms with Gasteiger partial charge in [0.1, 0.15) is 23.4 Å². The molecule has 188 valence electrons. The maximum absolute atomic E-state index is 13.6. The Hall–Kier alpha value is -3.21. The van der Waals surface area contributed by atoms with E-state index in [1.54, 1.807) is 32.9 Å². The fourth-order valence-corrected chi connectivity index (χ4v) is 3.52. The van der Waals surface area contributed by atoms with Gasteiger partial charge >= 0.3 is 6.09 Å². The Balaban J connectivity index is 3.36. The fraction of sp³-hybridized carbons (Fsp3) is 0.577. The first-order valence-corrected chi connectivity index (χ1v) is 11.7. The highest BCUT2D eigenvalue weighted by molar-refractivity contribution is 5.93. The molecule has 0 saturated carbocycles. The van der Waals surface area contributed by atoms with E-state index in [0.717, 1.165) is 17.7 Å². The highest BCUT2D eigenvalue weighted by Gasteiger charge is 2.36. The van der Waals surface area contributed by atoms with Gasteiger partial charge in [0, 0.05) is 12.1 Å². The minimum Gasteiger partial charge on any atom is -0.508 e. The van der Waals surface area contributed by atoms with Crippen LogP contribution in [0.5, 0.6) is 5.75 Å². The summed E-state index contributed by atoms with van der Waals surface area (Å²) in [6.45, 7) is 12.9. The van der Waals surface area contributed by atoms with Crippen LogP contribution in [-0.4, -0.2) is 45.6 Å². The molecule has 34 heavy (non-hydrogen) atoms. The molecule has 0 fully saturated rings. The van der Waals surface area contributed by atoms with E-state index in [4.69, 9.17) is 11.2 Å². The number of rotatable bonds is 10. The average Bonchev–Trinajstić information content (AvgIpc) is 2.69. The molecule has 0 saturated heterocycles. The summed E-state index contributed by atoms with van der Waals surface area (Å²) in [5.41, 5.74) is -0.395. The fourth-order valence-electron chi connectivity index (χ4n) is 3.52. The molecule has 0 aliphatic carbocycles. The van der Waals surface area contributed by atoms with E-state index in [0.29, 0.717) is 5.56 Å². The van der Waals surface area contributed by atoms with Crippen molar-refractivity contribution >= 4 is 17.9 Å². The standard InChI is InChI=1S/C26H39N3O5/c1-9-12-18(5)27-23(31)22(19-13-11-14-20(30)16-19)29(10-2)24(32)21(15-17(3)4)28-25(33)34-26(6,7)8/h2,11,13-14,16-18,21-22,30H,9,12,15H2,1,3-8H3,(H,27,31)(H,28,33). The van der Waals surface area contributed by atoms with Crippen molar-refractivity contribution < 1.29 is 24.2 Å². The van der Waals surface area contributed by atoms with Gasteiger partial charge in [-0.3, -0.25) is 14.5 Å². The van der Waals surface area contributed by atoms with Crippen LogP contribution in [-0.2, 0) is 14.3 Å². The van der Waals surface area contributed by atoms with Crippen LogP contribution in [0.1, 0.15) is 79.3 Å². The van der Waals surface area contributed by atoms with E-state index in [-0.39, 0.29) is 24.1 Å². The van der Waals surface area contributed by atoms with Crippen LogP contribution < -0.4 is 10.6 Å². The number of carbonyl (C=O) groups excluding carboxylic acids is 3. The van der Waals surface area contributed by atoms with E-state index >= 15 is 0 Å². The Morgan fingerprint density at radius 3 is 2.32 bits per heavy atom. The summed E-state index contributed by atoms with van der Waals surface area (Å²) in [7, 11) is 0. The molecule has 0 spiro atoms. The van der Waals surface area contributed by atoms with Gasteiger partial charge in [-0.1, -0.05) is 45.7 Å². The first-order chi connectivity index (χ1) is 15.8. The monoisotopic (exact) mass is 473 g/mol. The van der Waals surface area contributed by atoms with Crippen molar-refractivity contribution in [1.82, 2.24) is 15.5 Å². The Morgan fingerprint density at radius 1 is 1.18 bits per heavy atom. The minimum absolute atomic E-state index is 0.0427. The molecule has 1 rings (SSSR count). The SMILES string of the molecule is C#CN(C(=O)C(CC(C)C)NC(=O)OC(C)(C)C)C(C(=O)NC(C)CCC)c1cccc(O)c1. The predicted molar refractivity (Wildman–Crippen MR) is 132 cm³/mol. The number of nitrogens with one attached hydrogen (secondary N) is 2. The third-order valence-corrected chi connectivity index (χ3v) is 4.88. The minimum atomic E-state index is -1.20. The number of carbonyl (C=O) groups is 3. The Morgan fingerprint density at radius 2 is 1.82 bits per heavy atom. The van der Waals surface area contributed by atoms with Crippen molar-refractivity contribution in [2.24, 2.45) is 5.92 Å². The van der Waals surface area contributed by atoms with Crippen molar-refractivity contribution in [3.8, 4) is 18.2 Å². The summed E-state index contributed by atoms with van der Waals surface area (Å²) in [6, 6.07) is 6.03. The summed E-state index contributed by atoms with van der Waals surface area (Å²) < 4.78 is 5.32. The number of alkyl carbamates (subject to hydrolysis) is 1. The Bertz CT molecular complexity index is 885. The van der Waals surface area contributed by atoms with Crippen LogP contribution in [0.15, 0.2) is 24.3 Å². The molecule has 3 unspecified atom stereocenters. The molecule has 0 aromatic heterocycles. The maximum atomic E-state index is 13.6. The van der Waals surface area contributed by atoms with E-state index in [2.05, 4.69) is 16.7 Å². The number of hydrogen-bond acceptors (Lipinski definition) is 5. The van der Waals surface area contributed by atoms with E-state index in [1.807, 2.05) is 27.7 Å². The van der Waals surface area contributed by atoms with Crippen LogP contribution in [0, 0.1) is 18.4 Å². The molecule has 3 atom stereocenters. The topological polar surface area (TPSA) is 108 Å². The molecule has 1 aromatic carbocycles. The van der Waals surface area contributed by atoms with Crippen molar-refractivity contribution in [2.45, 2.75) is 91.5 Å². The Labute approximate surface area is 203 Å². The largest absolute Gasteiger partial charge is 0.508 e. The number of phenolic OH excluding ortho intramolecular Hbond substituents is 1. The molecule has 3 amide bonds. The van der Waals surface area contributed by atoms with Gasteiger partial charge < -0.3 is 20.5 Å². The molecule has 1 aromatic rings. The van der Waals surface area contributed by atoms with Gasteiger partial charge in [-0.2, -0.15) is 0 Å². The predicted octanol–water partition coefficient (Wildman–Crippen LogP) is 4.10. The number of nitrogens with zero attached hydrogens (tertiary/aromatic N) is 1. The zero-order valence-corrected chi connectivity index (χ0v) is 21.3. The zero-order valence-electron chi connectivity index (χ0n) is 21.3. The number of aromatic hydroxyl groups is 1. The molecule has 0 heterocycles. The smallest absolute Gasteiger partial charge is 0.408 e. The third kappa shape index (κ3) is 9.34. The van der Waals surface area contributed by atoms with Crippen LogP contribution in [0.2, 0.25) is 0 Å². The second kappa shape index (κ2) is 12.9. The molecule has 0 bridgehead atoms. The van der Waals surface area contributed by atoms with Crippen molar-refractivity contribution in [1.29, 1.82) is 0 Å². The zero-order chi connectivity index (χ0) is 26.1. The van der Waals surface area contributed by atoms with E-state index < -0.39 is 35.6 Å². The van der Waals surface area contributed by atoms with E-state index in [1.165, 1.54) is 12.1 Å². The normalized spacial score (nSPS) is 13.9. The molecule has 0 aliphatic heterocycles. The van der Waals surface area contributed by atoms with Crippen molar-refractivity contribution in [3.63, 3.8) is 0 Å². The number of terminal acetylenes is 1. The molecule has 8 heteroatoms. The molecule has 3 N–H and O–H groups in total. The summed E-state index contributed by atoms with van der Waals surface area (Å²) >= 11 is 0. The van der Waals surface area contributed by atoms with Gasteiger partial charge in [-0.15, -0.1) is 0 Å². The number of benzene rings is 1. The summed E-state index contributed by atoms with van der Waals surface area (Å²) in [6.07, 6.45) is 6.90. The van der Waals surface area contributed by atoms with Gasteiger partial charge in [0.2, 0.25) is 5.91 Å². The number of phenols is 1. The van der Waals surface area contributed by atoms with Crippen molar-refractivity contribution in [3.05, 3.63) is 29.8 Å². The Kier molecular flexibility index (Phi) is 10.9. The average molecular weight is 474 g/mol. The van der Waals surface area contributed by atoms with Gasteiger partial charge in [-0.05, 0) is 64.2 Å². The lowest BCUT2D eigenvalue weighted by Gasteiger charge is -2.31. The van der Waals surface area contributed by atoms with Crippen LogP contribution in [0.4, 0.5) is 4.79 Å². The lowest BCUT2D eigenvalue weighted by molar-refractivity contribution is -0.139. The van der Waals surface area contributed by atoms with Gasteiger partial charge in [0.25, 0.3) is 5.91 Å². The highest BCUT2D eigenvalue weighted by atomic mass is 16.6. The van der Waals surface area contributed by atoms with Gasteiger partial charge in [0.15, 0.2) is 0 Å². The van der Waals surface area contributed by atoms with Gasteiger partial charge in [-0.25, -0.2) is 4.79 Å². The number of hydrogen-bond donors (Lipinski definition) is 3. The van der Waals surface area contributed by atoms with Crippen LogP contribution >= 0.6 is 0 Å². The number of ether oxygens (including phenoxy) is 1. The quantitative estimate of drug-likeness (QED) is 0.350. The maximum Gasteiger partial charge on any atom is 0.408 e. The summed E-state index contributed by atoms with van der Waals surface area (Å²) in [5, 5.41) is 15.5. The second-order valence-electron chi connectivity index (χ2n) is 9.86. The van der Waals surface area contributed by atoms with E-state index in [9.17, 15) is 19.5 Å². The highest BCUT2D eigenvalue weighted by Crippen LogP contribution is 2.26. The first-order valence-electron chi connectivity index (χ1n) is 11.7. The number of amides is 3. The molecule has 0 aliphatic rings. The summed E-state index contributed by atoms with van der Waals surface area (Å²) in [4.78, 5) is 40.3. The molecule has 8 nitrogen and oxygen atoms in total. The summed E-state index contributed by atoms with van der Waals surface area (Å²) in [5.74, 6) is -1.11. The lowest BCUT2D eigenvalue weighted by Crippen LogP contribution is -2.52. The van der Waals surface area contributed by atoms with Crippen LogP contribution in [0.3, 0.4) is 0 Å². The lowest BCUT2D eigenvalue weighted by atomic mass is 9.99. The molecular formula is C26H39N3O5. The first kappa shape index (κ1) is 28.8. The molecule has 0 radical (unpaired) electrons. The van der Waals surface area contributed by atoms with Crippen LogP contribution in [0.25, 0.3) is 0 Å². The molecular weight excluding hydrogens is 434 g/mol.